The Kier molecular flexibility index (Phi) is 4.14. The fraction of sp³-hybridized carbons (Fsp3) is 0.167. The number of thiazole rings is 1. The topological polar surface area (TPSA) is 80.0 Å². The molecule has 2 aromatic rings. The van der Waals surface area contributed by atoms with E-state index in [4.69, 9.17) is 5.73 Å². The van der Waals surface area contributed by atoms with E-state index in [1.165, 1.54) is 0 Å². The van der Waals surface area contributed by atoms with Crippen LogP contribution in [0.25, 0.3) is 0 Å². The van der Waals surface area contributed by atoms with Crippen LogP contribution in [0, 0.1) is 0 Å². The Morgan fingerprint density at radius 1 is 1.44 bits per heavy atom. The second-order valence-electron chi connectivity index (χ2n) is 3.74. The van der Waals surface area contributed by atoms with Gasteiger partial charge in [0.1, 0.15) is 0 Å². The Labute approximate surface area is 109 Å². The number of hydrogen-bond donors (Lipinski definition) is 3. The molecule has 1 aromatic carbocycles. The van der Waals surface area contributed by atoms with Crippen LogP contribution in [0.3, 0.4) is 0 Å². The maximum atomic E-state index is 11.6. The van der Waals surface area contributed by atoms with Gasteiger partial charge in [0.15, 0.2) is 0 Å². The second kappa shape index (κ2) is 6.02. The van der Waals surface area contributed by atoms with Gasteiger partial charge in [-0.3, -0.25) is 0 Å². The van der Waals surface area contributed by atoms with Crippen LogP contribution in [0.2, 0.25) is 0 Å². The number of nitrogen functional groups attached to an aromatic ring is 1. The molecule has 2 amide bonds. The molecule has 0 bridgehead atoms. The minimum atomic E-state index is -0.240. The SMILES string of the molecule is Nc1cccc(NC(=O)NCCc2cscn2)c1. The largest absolute Gasteiger partial charge is 0.399 e. The highest BCUT2D eigenvalue weighted by Crippen LogP contribution is 2.11. The molecule has 0 fully saturated rings. The van der Waals surface area contributed by atoms with Gasteiger partial charge in [0, 0.05) is 29.7 Å². The fourth-order valence-electron chi connectivity index (χ4n) is 1.46. The van der Waals surface area contributed by atoms with Gasteiger partial charge in [-0.25, -0.2) is 9.78 Å². The fourth-order valence-corrected chi connectivity index (χ4v) is 2.05. The first kappa shape index (κ1) is 12.4. The van der Waals surface area contributed by atoms with E-state index in [-0.39, 0.29) is 6.03 Å². The van der Waals surface area contributed by atoms with Gasteiger partial charge in [-0.15, -0.1) is 11.3 Å². The summed E-state index contributed by atoms with van der Waals surface area (Å²) in [5, 5.41) is 7.45. The molecule has 5 nitrogen and oxygen atoms in total. The van der Waals surface area contributed by atoms with Gasteiger partial charge >= 0.3 is 6.03 Å². The maximum absolute atomic E-state index is 11.6. The van der Waals surface area contributed by atoms with E-state index in [1.54, 1.807) is 41.1 Å². The Balaban J connectivity index is 1.75. The first-order chi connectivity index (χ1) is 8.74. The van der Waals surface area contributed by atoms with Crippen molar-refractivity contribution in [1.82, 2.24) is 10.3 Å². The van der Waals surface area contributed by atoms with Crippen molar-refractivity contribution in [3.8, 4) is 0 Å². The molecule has 0 unspecified atom stereocenters. The second-order valence-corrected chi connectivity index (χ2v) is 4.45. The monoisotopic (exact) mass is 262 g/mol. The third-order valence-corrected chi connectivity index (χ3v) is 2.93. The Morgan fingerprint density at radius 2 is 2.33 bits per heavy atom. The molecule has 94 valence electrons. The lowest BCUT2D eigenvalue weighted by Crippen LogP contribution is -2.30. The van der Waals surface area contributed by atoms with Crippen LogP contribution in [-0.4, -0.2) is 17.6 Å². The average molecular weight is 262 g/mol. The van der Waals surface area contributed by atoms with Crippen molar-refractivity contribution in [3.63, 3.8) is 0 Å². The normalized spacial score (nSPS) is 10.0. The van der Waals surface area contributed by atoms with E-state index in [2.05, 4.69) is 15.6 Å². The summed E-state index contributed by atoms with van der Waals surface area (Å²) in [6.07, 6.45) is 0.730. The average Bonchev–Trinajstić information content (AvgIpc) is 2.82. The molecular formula is C12H14N4OS. The molecule has 2 rings (SSSR count). The number of carbonyl (C=O) groups excluding carboxylic acids is 1. The van der Waals surface area contributed by atoms with Gasteiger partial charge in [0.05, 0.1) is 11.2 Å². The van der Waals surface area contributed by atoms with Crippen molar-refractivity contribution in [2.75, 3.05) is 17.6 Å². The number of hydrogen-bond acceptors (Lipinski definition) is 4. The Morgan fingerprint density at radius 3 is 3.06 bits per heavy atom. The molecule has 0 atom stereocenters. The molecule has 0 spiro atoms. The van der Waals surface area contributed by atoms with Crippen LogP contribution in [0.15, 0.2) is 35.2 Å². The maximum Gasteiger partial charge on any atom is 0.319 e. The summed E-state index contributed by atoms with van der Waals surface area (Å²) in [7, 11) is 0. The van der Waals surface area contributed by atoms with E-state index < -0.39 is 0 Å². The quantitative estimate of drug-likeness (QED) is 0.738. The van der Waals surface area contributed by atoms with Crippen LogP contribution in [0.1, 0.15) is 5.69 Å². The summed E-state index contributed by atoms with van der Waals surface area (Å²) in [5.74, 6) is 0. The minimum absolute atomic E-state index is 0.240. The molecule has 18 heavy (non-hydrogen) atoms. The van der Waals surface area contributed by atoms with Crippen LogP contribution < -0.4 is 16.4 Å². The third kappa shape index (κ3) is 3.74. The zero-order chi connectivity index (χ0) is 12.8. The summed E-state index contributed by atoms with van der Waals surface area (Å²) in [6, 6.07) is 6.82. The molecule has 1 aromatic heterocycles. The van der Waals surface area contributed by atoms with E-state index in [1.807, 2.05) is 5.38 Å². The summed E-state index contributed by atoms with van der Waals surface area (Å²) in [4.78, 5) is 15.7. The highest BCUT2D eigenvalue weighted by molar-refractivity contribution is 7.07. The van der Waals surface area contributed by atoms with Crippen molar-refractivity contribution in [2.45, 2.75) is 6.42 Å². The van der Waals surface area contributed by atoms with Gasteiger partial charge in [-0.1, -0.05) is 6.07 Å². The molecular weight excluding hydrogens is 248 g/mol. The summed E-state index contributed by atoms with van der Waals surface area (Å²) >= 11 is 1.55. The number of rotatable bonds is 4. The van der Waals surface area contributed by atoms with Gasteiger partial charge in [0.2, 0.25) is 0 Å². The number of carbonyl (C=O) groups is 1. The van der Waals surface area contributed by atoms with E-state index in [0.29, 0.717) is 17.9 Å². The smallest absolute Gasteiger partial charge is 0.319 e. The van der Waals surface area contributed by atoms with Crippen molar-refractivity contribution in [2.24, 2.45) is 0 Å². The van der Waals surface area contributed by atoms with Gasteiger partial charge in [-0.05, 0) is 18.2 Å². The van der Waals surface area contributed by atoms with Crippen molar-refractivity contribution in [1.29, 1.82) is 0 Å². The van der Waals surface area contributed by atoms with Gasteiger partial charge in [0.25, 0.3) is 0 Å². The first-order valence-electron chi connectivity index (χ1n) is 5.51. The number of urea groups is 1. The molecule has 0 saturated carbocycles. The van der Waals surface area contributed by atoms with Gasteiger partial charge in [-0.2, -0.15) is 0 Å². The number of benzene rings is 1. The van der Waals surface area contributed by atoms with Gasteiger partial charge < -0.3 is 16.4 Å². The summed E-state index contributed by atoms with van der Waals surface area (Å²) in [5.41, 5.74) is 9.69. The molecule has 0 saturated heterocycles. The molecule has 1 heterocycles. The standard InChI is InChI=1S/C12H14N4OS/c13-9-2-1-3-10(6-9)16-12(17)14-5-4-11-7-18-8-15-11/h1-3,6-8H,4-5,13H2,(H2,14,16,17). The summed E-state index contributed by atoms with van der Waals surface area (Å²) in [6.45, 7) is 0.553. The number of anilines is 2. The lowest BCUT2D eigenvalue weighted by molar-refractivity contribution is 0.252. The zero-order valence-electron chi connectivity index (χ0n) is 9.72. The predicted molar refractivity (Wildman–Crippen MR) is 73.7 cm³/mol. The Bertz CT molecular complexity index is 513. The lowest BCUT2D eigenvalue weighted by Gasteiger charge is -2.07. The molecule has 0 aliphatic carbocycles. The molecule has 0 aliphatic heterocycles. The van der Waals surface area contributed by atoms with E-state index in [0.717, 1.165) is 12.1 Å². The number of amides is 2. The number of aromatic nitrogens is 1. The molecule has 6 heteroatoms. The Hall–Kier alpha value is -2.08. The highest BCUT2D eigenvalue weighted by atomic mass is 32.1. The molecule has 0 aliphatic rings. The number of nitrogens with one attached hydrogen (secondary N) is 2. The molecule has 4 N–H and O–H groups in total. The van der Waals surface area contributed by atoms with Crippen LogP contribution in [-0.2, 0) is 6.42 Å². The van der Waals surface area contributed by atoms with Crippen molar-refractivity contribution < 1.29 is 4.79 Å². The van der Waals surface area contributed by atoms with Crippen LogP contribution >= 0.6 is 11.3 Å². The van der Waals surface area contributed by atoms with Crippen molar-refractivity contribution >= 4 is 28.7 Å². The molecule has 0 radical (unpaired) electrons. The highest BCUT2D eigenvalue weighted by Gasteiger charge is 2.02. The predicted octanol–water partition coefficient (Wildman–Crippen LogP) is 2.09. The van der Waals surface area contributed by atoms with Crippen LogP contribution in [0.5, 0.6) is 0 Å². The zero-order valence-corrected chi connectivity index (χ0v) is 10.5. The number of nitrogens with two attached hydrogens (primary N) is 1. The minimum Gasteiger partial charge on any atom is -0.399 e. The third-order valence-electron chi connectivity index (χ3n) is 2.29. The van der Waals surface area contributed by atoms with Crippen molar-refractivity contribution in [3.05, 3.63) is 40.8 Å². The lowest BCUT2D eigenvalue weighted by atomic mass is 10.3. The first-order valence-corrected chi connectivity index (χ1v) is 6.46. The van der Waals surface area contributed by atoms with E-state index in [9.17, 15) is 4.79 Å². The summed E-state index contributed by atoms with van der Waals surface area (Å²) < 4.78 is 0. The van der Waals surface area contributed by atoms with Crippen LogP contribution in [0.4, 0.5) is 16.2 Å². The van der Waals surface area contributed by atoms with E-state index >= 15 is 0 Å². The number of nitrogens with zero attached hydrogens (tertiary/aromatic N) is 1.